The Hall–Kier alpha value is -3.81. The first-order chi connectivity index (χ1) is 17.0. The number of nitrogens with one attached hydrogen (secondary N) is 1. The Kier molecular flexibility index (Phi) is 6.44. The maximum atomic E-state index is 12.9. The van der Waals surface area contributed by atoms with Gasteiger partial charge in [-0.25, -0.2) is 0 Å². The molecule has 3 amide bonds. The van der Waals surface area contributed by atoms with Gasteiger partial charge in [-0.05, 0) is 48.5 Å². The molecule has 0 atom stereocenters. The zero-order valence-corrected chi connectivity index (χ0v) is 19.7. The summed E-state index contributed by atoms with van der Waals surface area (Å²) in [4.78, 5) is 44.6. The highest BCUT2D eigenvalue weighted by molar-refractivity contribution is 6.22. The number of hydrogen-bond acceptors (Lipinski definition) is 5. The van der Waals surface area contributed by atoms with Gasteiger partial charge in [0.2, 0.25) is 0 Å². The van der Waals surface area contributed by atoms with Crippen LogP contribution in [0, 0.1) is 0 Å². The minimum atomic E-state index is -0.378. The van der Waals surface area contributed by atoms with Gasteiger partial charge in [-0.15, -0.1) is 0 Å². The monoisotopic (exact) mass is 468 g/mol. The second kappa shape index (κ2) is 9.82. The Balaban J connectivity index is 1.23. The molecule has 7 nitrogen and oxygen atoms in total. The van der Waals surface area contributed by atoms with E-state index in [1.165, 1.54) is 16.5 Å². The Morgan fingerprint density at radius 1 is 0.771 bits per heavy atom. The zero-order valence-electron chi connectivity index (χ0n) is 19.7. The summed E-state index contributed by atoms with van der Waals surface area (Å²) in [6.45, 7) is 5.35. The molecular formula is C28H28N4O3. The molecule has 0 spiro atoms. The van der Waals surface area contributed by atoms with Crippen LogP contribution in [-0.2, 0) is 13.1 Å². The number of likely N-dealkylation sites (N-methyl/N-ethyl adjacent to an activating group) is 1. The van der Waals surface area contributed by atoms with Gasteiger partial charge in [0.1, 0.15) is 0 Å². The number of piperazine rings is 1. The van der Waals surface area contributed by atoms with Crippen LogP contribution in [-0.4, -0.2) is 65.6 Å². The lowest BCUT2D eigenvalue weighted by molar-refractivity contribution is 0.0642. The van der Waals surface area contributed by atoms with Crippen LogP contribution in [0.3, 0.4) is 0 Å². The van der Waals surface area contributed by atoms with Crippen molar-refractivity contribution in [2.45, 2.75) is 13.1 Å². The fraction of sp³-hybridized carbons (Fsp3) is 0.250. The highest BCUT2D eigenvalue weighted by Crippen LogP contribution is 2.26. The van der Waals surface area contributed by atoms with Crippen LogP contribution in [0.5, 0.6) is 0 Å². The quantitative estimate of drug-likeness (QED) is 0.561. The zero-order chi connectivity index (χ0) is 24.4. The third kappa shape index (κ3) is 5.01. The number of nitrogens with zero attached hydrogens (tertiary/aromatic N) is 3. The lowest BCUT2D eigenvalue weighted by Crippen LogP contribution is -2.43. The molecule has 0 radical (unpaired) electrons. The highest BCUT2D eigenvalue weighted by Gasteiger charge is 2.36. The van der Waals surface area contributed by atoms with E-state index in [1.807, 2.05) is 54.6 Å². The van der Waals surface area contributed by atoms with Gasteiger partial charge in [0.05, 0.1) is 17.7 Å². The maximum Gasteiger partial charge on any atom is 0.261 e. The van der Waals surface area contributed by atoms with Gasteiger partial charge in [-0.1, -0.05) is 42.5 Å². The second-order valence-electron chi connectivity index (χ2n) is 9.17. The molecule has 0 unspecified atom stereocenters. The van der Waals surface area contributed by atoms with E-state index in [9.17, 15) is 14.4 Å². The Morgan fingerprint density at radius 2 is 1.43 bits per heavy atom. The number of carbonyl (C=O) groups excluding carboxylic acids is 3. The van der Waals surface area contributed by atoms with Gasteiger partial charge in [-0.2, -0.15) is 0 Å². The predicted octanol–water partition coefficient (Wildman–Crippen LogP) is 3.48. The average molecular weight is 469 g/mol. The first kappa shape index (κ1) is 23.0. The van der Waals surface area contributed by atoms with Crippen LogP contribution >= 0.6 is 0 Å². The van der Waals surface area contributed by atoms with Crippen LogP contribution in [0.25, 0.3) is 0 Å². The minimum absolute atomic E-state index is 0.204. The van der Waals surface area contributed by atoms with Gasteiger partial charge in [0, 0.05) is 44.0 Å². The fourth-order valence-corrected chi connectivity index (χ4v) is 4.50. The average Bonchev–Trinajstić information content (AvgIpc) is 3.11. The smallest absolute Gasteiger partial charge is 0.261 e. The number of hydrogen-bond donors (Lipinski definition) is 1. The fourth-order valence-electron chi connectivity index (χ4n) is 4.50. The maximum absolute atomic E-state index is 12.9. The first-order valence-electron chi connectivity index (χ1n) is 11.8. The van der Waals surface area contributed by atoms with Crippen molar-refractivity contribution in [3.05, 3.63) is 101 Å². The Morgan fingerprint density at radius 3 is 2.14 bits per heavy atom. The summed E-state index contributed by atoms with van der Waals surface area (Å²) in [6.07, 6.45) is 0. The molecule has 0 saturated carbocycles. The van der Waals surface area contributed by atoms with Gasteiger partial charge in [-0.3, -0.25) is 24.2 Å². The number of rotatable bonds is 6. The van der Waals surface area contributed by atoms with Crippen molar-refractivity contribution in [2.24, 2.45) is 0 Å². The molecule has 0 aliphatic carbocycles. The van der Waals surface area contributed by atoms with E-state index in [0.717, 1.165) is 38.3 Å². The molecule has 1 N–H and O–H groups in total. The molecule has 1 fully saturated rings. The number of anilines is 1. The van der Waals surface area contributed by atoms with Crippen LogP contribution in [0.1, 0.15) is 42.2 Å². The molecule has 2 aliphatic heterocycles. The molecule has 0 aromatic heterocycles. The highest BCUT2D eigenvalue weighted by atomic mass is 16.2. The van der Waals surface area contributed by atoms with Gasteiger partial charge in [0.25, 0.3) is 17.7 Å². The van der Waals surface area contributed by atoms with Crippen molar-refractivity contribution in [1.29, 1.82) is 0 Å². The van der Waals surface area contributed by atoms with Crippen molar-refractivity contribution >= 4 is 23.4 Å². The molecule has 1 saturated heterocycles. The minimum Gasteiger partial charge on any atom is -0.322 e. The van der Waals surface area contributed by atoms with Crippen molar-refractivity contribution in [2.75, 3.05) is 38.5 Å². The number of imide groups is 1. The van der Waals surface area contributed by atoms with Crippen molar-refractivity contribution in [3.8, 4) is 0 Å². The molecule has 0 bridgehead atoms. The van der Waals surface area contributed by atoms with Crippen molar-refractivity contribution in [3.63, 3.8) is 0 Å². The first-order valence-corrected chi connectivity index (χ1v) is 11.8. The largest absolute Gasteiger partial charge is 0.322 e. The number of amides is 3. The van der Waals surface area contributed by atoms with E-state index < -0.39 is 0 Å². The molecule has 35 heavy (non-hydrogen) atoms. The summed E-state index contributed by atoms with van der Waals surface area (Å²) in [5, 5.41) is 2.89. The molecule has 7 heteroatoms. The van der Waals surface area contributed by atoms with Gasteiger partial charge < -0.3 is 10.2 Å². The summed E-state index contributed by atoms with van der Waals surface area (Å²) in [7, 11) is 2.14. The molecule has 3 aromatic rings. The molecule has 2 aliphatic rings. The summed E-state index contributed by atoms with van der Waals surface area (Å²) in [5.41, 5.74) is 3.69. The predicted molar refractivity (Wildman–Crippen MR) is 134 cm³/mol. The van der Waals surface area contributed by atoms with Crippen LogP contribution in [0.15, 0.2) is 72.8 Å². The molecule has 2 heterocycles. The van der Waals surface area contributed by atoms with E-state index >= 15 is 0 Å². The molecule has 3 aromatic carbocycles. The lowest BCUT2D eigenvalue weighted by atomic mass is 10.1. The van der Waals surface area contributed by atoms with Crippen LogP contribution in [0.4, 0.5) is 5.69 Å². The SMILES string of the molecule is CN1CCN(Cc2ccc(NC(=O)c3ccc4c(c3)C(=O)N(Cc3ccccc3)C4=O)cc2)CC1. The molecular weight excluding hydrogens is 440 g/mol. The summed E-state index contributed by atoms with van der Waals surface area (Å²) >= 11 is 0. The summed E-state index contributed by atoms with van der Waals surface area (Å²) < 4.78 is 0. The number of fused-ring (bicyclic) bond motifs is 1. The third-order valence-corrected chi connectivity index (χ3v) is 6.63. The van der Waals surface area contributed by atoms with E-state index in [2.05, 4.69) is 22.2 Å². The van der Waals surface area contributed by atoms with E-state index in [0.29, 0.717) is 16.8 Å². The van der Waals surface area contributed by atoms with Gasteiger partial charge >= 0.3 is 0 Å². The summed E-state index contributed by atoms with van der Waals surface area (Å²) in [5.74, 6) is -1.03. The molecule has 178 valence electrons. The normalized spacial score (nSPS) is 16.4. The third-order valence-electron chi connectivity index (χ3n) is 6.63. The van der Waals surface area contributed by atoms with E-state index in [4.69, 9.17) is 0 Å². The van der Waals surface area contributed by atoms with Gasteiger partial charge in [0.15, 0.2) is 0 Å². The lowest BCUT2D eigenvalue weighted by Gasteiger charge is -2.32. The summed E-state index contributed by atoms with van der Waals surface area (Å²) in [6, 6.07) is 21.9. The van der Waals surface area contributed by atoms with Crippen LogP contribution < -0.4 is 5.32 Å². The number of carbonyl (C=O) groups is 3. The van der Waals surface area contributed by atoms with Crippen molar-refractivity contribution < 1.29 is 14.4 Å². The number of benzene rings is 3. The van der Waals surface area contributed by atoms with E-state index in [1.54, 1.807) is 12.1 Å². The topological polar surface area (TPSA) is 73.0 Å². The standard InChI is InChI=1S/C28H28N4O3/c1-30-13-15-31(16-14-30)18-21-7-10-23(11-8-21)29-26(33)22-9-12-24-25(17-22)28(35)32(27(24)34)19-20-5-3-2-4-6-20/h2-12,17H,13-16,18-19H2,1H3,(H,29,33). The van der Waals surface area contributed by atoms with Crippen LogP contribution in [0.2, 0.25) is 0 Å². The van der Waals surface area contributed by atoms with Crippen molar-refractivity contribution in [1.82, 2.24) is 14.7 Å². The Bertz CT molecular complexity index is 1250. The Labute approximate surface area is 204 Å². The van der Waals surface area contributed by atoms with E-state index in [-0.39, 0.29) is 29.8 Å². The second-order valence-corrected chi connectivity index (χ2v) is 9.17. The molecule has 5 rings (SSSR count).